The van der Waals surface area contributed by atoms with Gasteiger partial charge in [-0.15, -0.1) is 11.3 Å². The van der Waals surface area contributed by atoms with Gasteiger partial charge in [-0.25, -0.2) is 4.98 Å². The third-order valence-electron chi connectivity index (χ3n) is 3.87. The number of hydrogen-bond donors (Lipinski definition) is 0. The molecule has 1 amide bonds. The predicted octanol–water partition coefficient (Wildman–Crippen LogP) is 4.04. The summed E-state index contributed by atoms with van der Waals surface area (Å²) in [4.78, 5) is 29.1. The lowest BCUT2D eigenvalue weighted by Crippen LogP contribution is -2.29. The molecular formula is C17H15N3O3S. The summed E-state index contributed by atoms with van der Waals surface area (Å²) < 4.78 is 1.07. The second kappa shape index (κ2) is 6.37. The summed E-state index contributed by atoms with van der Waals surface area (Å²) in [5, 5.41) is 11.7. The second-order valence-electron chi connectivity index (χ2n) is 5.42. The summed E-state index contributed by atoms with van der Waals surface area (Å²) in [6.45, 7) is 1.90. The van der Waals surface area contributed by atoms with E-state index in [1.165, 1.54) is 18.2 Å². The number of carbonyl (C=O) groups is 1. The molecule has 0 saturated carbocycles. The van der Waals surface area contributed by atoms with Gasteiger partial charge in [0.2, 0.25) is 0 Å². The van der Waals surface area contributed by atoms with Crippen molar-refractivity contribution in [1.29, 1.82) is 0 Å². The van der Waals surface area contributed by atoms with Crippen LogP contribution in [-0.4, -0.2) is 27.8 Å². The molecule has 0 saturated heterocycles. The Bertz CT molecular complexity index is 889. The molecule has 3 aromatic rings. The fourth-order valence-electron chi connectivity index (χ4n) is 2.37. The minimum Gasteiger partial charge on any atom is -0.333 e. The van der Waals surface area contributed by atoms with Crippen molar-refractivity contribution < 1.29 is 9.72 Å². The highest BCUT2D eigenvalue weighted by molar-refractivity contribution is 7.18. The minimum atomic E-state index is -0.506. The van der Waals surface area contributed by atoms with Gasteiger partial charge in [-0.2, -0.15) is 0 Å². The minimum absolute atomic E-state index is 0.0955. The van der Waals surface area contributed by atoms with Crippen LogP contribution < -0.4 is 0 Å². The van der Waals surface area contributed by atoms with Crippen molar-refractivity contribution >= 4 is 33.1 Å². The lowest BCUT2D eigenvalue weighted by Gasteiger charge is -2.23. The van der Waals surface area contributed by atoms with Crippen molar-refractivity contribution in [3.8, 4) is 0 Å². The van der Waals surface area contributed by atoms with Gasteiger partial charge >= 0.3 is 0 Å². The van der Waals surface area contributed by atoms with Crippen LogP contribution in [-0.2, 0) is 0 Å². The Morgan fingerprint density at radius 3 is 2.71 bits per heavy atom. The Hall–Kier alpha value is -2.80. The highest BCUT2D eigenvalue weighted by Crippen LogP contribution is 2.29. The highest BCUT2D eigenvalue weighted by Gasteiger charge is 2.23. The third kappa shape index (κ3) is 2.98. The first-order chi connectivity index (χ1) is 11.5. The van der Waals surface area contributed by atoms with Gasteiger partial charge in [-0.3, -0.25) is 14.9 Å². The summed E-state index contributed by atoms with van der Waals surface area (Å²) >= 11 is 1.54. The molecule has 0 aliphatic carbocycles. The van der Waals surface area contributed by atoms with Gasteiger partial charge in [-0.1, -0.05) is 18.2 Å². The number of nitro benzene ring substituents is 1. The van der Waals surface area contributed by atoms with Crippen molar-refractivity contribution in [1.82, 2.24) is 9.88 Å². The Morgan fingerprint density at radius 1 is 1.25 bits per heavy atom. The van der Waals surface area contributed by atoms with Gasteiger partial charge in [0.25, 0.3) is 11.6 Å². The number of thiazole rings is 1. The van der Waals surface area contributed by atoms with Crippen LogP contribution in [0.5, 0.6) is 0 Å². The molecule has 1 heterocycles. The zero-order chi connectivity index (χ0) is 17.3. The summed E-state index contributed by atoms with van der Waals surface area (Å²) in [5.74, 6) is -0.273. The topological polar surface area (TPSA) is 76.3 Å². The van der Waals surface area contributed by atoms with Crippen LogP contribution in [0.25, 0.3) is 10.2 Å². The van der Waals surface area contributed by atoms with Gasteiger partial charge in [0.1, 0.15) is 5.01 Å². The standard InChI is InChI=1S/C17H15N3O3S/c1-11(16-18-14-8-3-4-9-15(14)24-16)19(2)17(21)12-6-5-7-13(10-12)20(22)23/h3-11H,1-2H3/t11-/m0/s1. The van der Waals surface area contributed by atoms with Gasteiger partial charge in [0.05, 0.1) is 21.2 Å². The fraction of sp³-hybridized carbons (Fsp3) is 0.176. The molecule has 1 atom stereocenters. The van der Waals surface area contributed by atoms with Crippen molar-refractivity contribution in [3.63, 3.8) is 0 Å². The molecule has 0 fully saturated rings. The highest BCUT2D eigenvalue weighted by atomic mass is 32.1. The summed E-state index contributed by atoms with van der Waals surface area (Å²) in [5.41, 5.74) is 1.10. The van der Waals surface area contributed by atoms with Gasteiger partial charge in [-0.05, 0) is 25.1 Å². The molecule has 3 rings (SSSR count). The van der Waals surface area contributed by atoms with Gasteiger partial charge < -0.3 is 4.90 Å². The normalized spacial score (nSPS) is 12.1. The molecule has 0 aliphatic heterocycles. The SMILES string of the molecule is C[C@@H](c1nc2ccccc2s1)N(C)C(=O)c1cccc([N+](=O)[O-])c1. The maximum Gasteiger partial charge on any atom is 0.270 e. The van der Waals surface area contributed by atoms with Crippen LogP contribution in [0.4, 0.5) is 5.69 Å². The molecule has 6 nitrogen and oxygen atoms in total. The Morgan fingerprint density at radius 2 is 2.00 bits per heavy atom. The van der Waals surface area contributed by atoms with E-state index in [-0.39, 0.29) is 17.6 Å². The van der Waals surface area contributed by atoms with Crippen molar-refractivity contribution in [2.75, 3.05) is 7.05 Å². The summed E-state index contributed by atoms with van der Waals surface area (Å²) in [6.07, 6.45) is 0. The quantitative estimate of drug-likeness (QED) is 0.530. The van der Waals surface area contributed by atoms with E-state index in [1.54, 1.807) is 29.4 Å². The Kier molecular flexibility index (Phi) is 4.26. The van der Waals surface area contributed by atoms with Crippen LogP contribution >= 0.6 is 11.3 Å². The van der Waals surface area contributed by atoms with Crippen molar-refractivity contribution in [2.45, 2.75) is 13.0 Å². The first kappa shape index (κ1) is 16.1. The lowest BCUT2D eigenvalue weighted by atomic mass is 10.1. The number of aromatic nitrogens is 1. The average Bonchev–Trinajstić information content (AvgIpc) is 3.04. The molecule has 0 spiro atoms. The largest absolute Gasteiger partial charge is 0.333 e. The van der Waals surface area contributed by atoms with Crippen molar-refractivity contribution in [2.24, 2.45) is 0 Å². The molecule has 24 heavy (non-hydrogen) atoms. The van der Waals surface area contributed by atoms with Crippen LogP contribution in [0.15, 0.2) is 48.5 Å². The maximum absolute atomic E-state index is 12.6. The molecule has 0 radical (unpaired) electrons. The third-order valence-corrected chi connectivity index (χ3v) is 5.08. The van der Waals surface area contributed by atoms with Crippen LogP contribution in [0.3, 0.4) is 0 Å². The first-order valence-corrected chi connectivity index (χ1v) is 8.16. The molecule has 0 unspecified atom stereocenters. The van der Waals surface area contributed by atoms with Crippen molar-refractivity contribution in [3.05, 3.63) is 69.2 Å². The Labute approximate surface area is 142 Å². The molecule has 1 aromatic heterocycles. The number of amides is 1. The number of carbonyl (C=O) groups excluding carboxylic acids is 1. The number of non-ortho nitro benzene ring substituents is 1. The van der Waals surface area contributed by atoms with E-state index in [1.807, 2.05) is 31.2 Å². The molecule has 0 N–H and O–H groups in total. The van der Waals surface area contributed by atoms with E-state index in [0.29, 0.717) is 5.56 Å². The molecular weight excluding hydrogens is 326 g/mol. The molecule has 7 heteroatoms. The molecule has 0 bridgehead atoms. The number of hydrogen-bond acceptors (Lipinski definition) is 5. The maximum atomic E-state index is 12.6. The smallest absolute Gasteiger partial charge is 0.270 e. The molecule has 0 aliphatic rings. The van der Waals surface area contributed by atoms with Gasteiger partial charge in [0, 0.05) is 24.7 Å². The molecule has 2 aromatic carbocycles. The van der Waals surface area contributed by atoms with Crippen LogP contribution in [0.1, 0.15) is 28.3 Å². The predicted molar refractivity (Wildman–Crippen MR) is 93.2 cm³/mol. The number of para-hydroxylation sites is 1. The second-order valence-corrected chi connectivity index (χ2v) is 6.48. The van der Waals surface area contributed by atoms with E-state index in [9.17, 15) is 14.9 Å². The zero-order valence-electron chi connectivity index (χ0n) is 13.2. The fourth-order valence-corrected chi connectivity index (χ4v) is 3.43. The van der Waals surface area contributed by atoms with E-state index in [2.05, 4.69) is 4.98 Å². The number of nitrogens with zero attached hydrogens (tertiary/aromatic N) is 3. The summed E-state index contributed by atoms with van der Waals surface area (Å²) in [7, 11) is 1.68. The van der Waals surface area contributed by atoms with Crippen LogP contribution in [0.2, 0.25) is 0 Å². The lowest BCUT2D eigenvalue weighted by molar-refractivity contribution is -0.384. The average molecular weight is 341 g/mol. The van der Waals surface area contributed by atoms with E-state index in [4.69, 9.17) is 0 Å². The number of rotatable bonds is 4. The monoisotopic (exact) mass is 341 g/mol. The molecule has 122 valence electrons. The number of benzene rings is 2. The number of nitro groups is 1. The first-order valence-electron chi connectivity index (χ1n) is 7.34. The zero-order valence-corrected chi connectivity index (χ0v) is 14.0. The van der Waals surface area contributed by atoms with E-state index >= 15 is 0 Å². The summed E-state index contributed by atoms with van der Waals surface area (Å²) in [6, 6.07) is 13.3. The van der Waals surface area contributed by atoms with Crippen LogP contribution in [0, 0.1) is 10.1 Å². The van der Waals surface area contributed by atoms with E-state index < -0.39 is 4.92 Å². The Balaban J connectivity index is 1.87. The number of fused-ring (bicyclic) bond motifs is 1. The van der Waals surface area contributed by atoms with Gasteiger partial charge in [0.15, 0.2) is 0 Å². The van der Waals surface area contributed by atoms with E-state index in [0.717, 1.165) is 15.2 Å².